The molecule has 0 aliphatic heterocycles. The molecule has 2 aromatic rings. The molecule has 0 radical (unpaired) electrons. The minimum absolute atomic E-state index is 0.140. The quantitative estimate of drug-likeness (QED) is 0.699. The molecule has 0 saturated carbocycles. The van der Waals surface area contributed by atoms with Crippen molar-refractivity contribution in [2.45, 2.75) is 13.3 Å². The van der Waals surface area contributed by atoms with E-state index in [0.717, 1.165) is 15.6 Å². The Labute approximate surface area is 85.4 Å². The molecule has 0 aliphatic carbocycles. The zero-order valence-electron chi connectivity index (χ0n) is 7.67. The van der Waals surface area contributed by atoms with Crippen LogP contribution in [0.5, 0.6) is 0 Å². The van der Waals surface area contributed by atoms with E-state index < -0.39 is 0 Å². The summed E-state index contributed by atoms with van der Waals surface area (Å²) in [5.41, 5.74) is 1.58. The van der Waals surface area contributed by atoms with Crippen molar-refractivity contribution in [3.05, 3.63) is 34.5 Å². The first-order chi connectivity index (χ1) is 6.74. The zero-order chi connectivity index (χ0) is 10.1. The highest BCUT2D eigenvalue weighted by Crippen LogP contribution is 2.30. The fourth-order valence-electron chi connectivity index (χ4n) is 1.59. The Balaban J connectivity index is 2.81. The molecule has 0 spiro atoms. The topological polar surface area (TPSA) is 23.8 Å². The van der Waals surface area contributed by atoms with Gasteiger partial charge in [-0.3, -0.25) is 0 Å². The molecule has 0 N–H and O–H groups in total. The summed E-state index contributed by atoms with van der Waals surface area (Å²) in [4.78, 5) is 0. The zero-order valence-corrected chi connectivity index (χ0v) is 8.49. The van der Waals surface area contributed by atoms with Crippen molar-refractivity contribution in [2.75, 3.05) is 0 Å². The van der Waals surface area contributed by atoms with Crippen LogP contribution < -0.4 is 0 Å². The van der Waals surface area contributed by atoms with Gasteiger partial charge in [0, 0.05) is 15.6 Å². The molecule has 0 saturated heterocycles. The Kier molecular flexibility index (Phi) is 2.22. The van der Waals surface area contributed by atoms with Gasteiger partial charge in [0.2, 0.25) is 0 Å². The van der Waals surface area contributed by atoms with Gasteiger partial charge >= 0.3 is 0 Å². The van der Waals surface area contributed by atoms with Gasteiger partial charge in [0.05, 0.1) is 12.5 Å². The summed E-state index contributed by atoms with van der Waals surface area (Å²) in [5, 5.41) is 11.5. The molecule has 14 heavy (non-hydrogen) atoms. The van der Waals surface area contributed by atoms with Crippen molar-refractivity contribution in [1.29, 1.82) is 5.26 Å². The highest BCUT2D eigenvalue weighted by atomic mass is 32.1. The molecule has 1 nitrogen and oxygen atoms in total. The Morgan fingerprint density at radius 1 is 1.50 bits per heavy atom. The van der Waals surface area contributed by atoms with E-state index in [2.05, 4.69) is 0 Å². The monoisotopic (exact) mass is 205 g/mol. The van der Waals surface area contributed by atoms with E-state index in [1.165, 1.54) is 6.07 Å². The van der Waals surface area contributed by atoms with Crippen LogP contribution in [0.3, 0.4) is 0 Å². The number of benzene rings is 1. The predicted molar refractivity (Wildman–Crippen MR) is 55.8 cm³/mol. The molecule has 1 aromatic carbocycles. The van der Waals surface area contributed by atoms with Crippen molar-refractivity contribution >= 4 is 21.4 Å². The number of nitrogens with zero attached hydrogens (tertiary/aromatic N) is 1. The maximum atomic E-state index is 13.4. The summed E-state index contributed by atoms with van der Waals surface area (Å²) >= 11 is 1.59. The Hall–Kier alpha value is -1.40. The first-order valence-electron chi connectivity index (χ1n) is 4.26. The normalized spacial score (nSPS) is 10.4. The van der Waals surface area contributed by atoms with Crippen molar-refractivity contribution in [3.8, 4) is 6.07 Å². The van der Waals surface area contributed by atoms with E-state index in [9.17, 15) is 4.39 Å². The largest absolute Gasteiger partial charge is 0.207 e. The Morgan fingerprint density at radius 3 is 3.00 bits per heavy atom. The van der Waals surface area contributed by atoms with Gasteiger partial charge in [0.1, 0.15) is 5.82 Å². The van der Waals surface area contributed by atoms with Gasteiger partial charge in [-0.05, 0) is 30.0 Å². The van der Waals surface area contributed by atoms with Gasteiger partial charge in [0.25, 0.3) is 0 Å². The van der Waals surface area contributed by atoms with Crippen LogP contribution in [0.15, 0.2) is 17.5 Å². The van der Waals surface area contributed by atoms with Crippen molar-refractivity contribution in [1.82, 2.24) is 0 Å². The molecule has 1 heterocycles. The van der Waals surface area contributed by atoms with Crippen LogP contribution in [0, 0.1) is 24.1 Å². The molecule has 0 fully saturated rings. The molecule has 2 rings (SSSR count). The van der Waals surface area contributed by atoms with Crippen molar-refractivity contribution < 1.29 is 4.39 Å². The molecular weight excluding hydrogens is 197 g/mol. The highest BCUT2D eigenvalue weighted by molar-refractivity contribution is 7.17. The van der Waals surface area contributed by atoms with Crippen LogP contribution in [0.25, 0.3) is 10.1 Å². The second-order valence-electron chi connectivity index (χ2n) is 3.15. The average Bonchev–Trinajstić information content (AvgIpc) is 2.53. The number of hydrogen-bond donors (Lipinski definition) is 0. The fraction of sp³-hybridized carbons (Fsp3) is 0.182. The lowest BCUT2D eigenvalue weighted by Gasteiger charge is -2.01. The summed E-state index contributed by atoms with van der Waals surface area (Å²) in [5.74, 6) is -0.277. The number of nitriles is 1. The number of halogens is 1. The van der Waals surface area contributed by atoms with E-state index in [4.69, 9.17) is 5.26 Å². The first kappa shape index (κ1) is 9.17. The fourth-order valence-corrected chi connectivity index (χ4v) is 2.56. The van der Waals surface area contributed by atoms with E-state index in [1.807, 2.05) is 18.4 Å². The standard InChI is InChI=1S/C11H8FNS/c1-7-6-14-10-3-2-9(12)8(4-5-13)11(7)10/h2-3,6H,4H2,1H3. The molecule has 0 unspecified atom stereocenters. The molecule has 70 valence electrons. The number of rotatable bonds is 1. The van der Waals surface area contributed by atoms with Gasteiger partial charge < -0.3 is 0 Å². The Bertz CT molecular complexity index is 522. The van der Waals surface area contributed by atoms with E-state index >= 15 is 0 Å². The number of thiophene rings is 1. The van der Waals surface area contributed by atoms with Crippen LogP contribution in [0.4, 0.5) is 4.39 Å². The van der Waals surface area contributed by atoms with E-state index in [0.29, 0.717) is 5.56 Å². The maximum absolute atomic E-state index is 13.4. The third-order valence-electron chi connectivity index (χ3n) is 2.23. The van der Waals surface area contributed by atoms with Crippen LogP contribution in [-0.4, -0.2) is 0 Å². The molecule has 0 atom stereocenters. The lowest BCUT2D eigenvalue weighted by atomic mass is 10.0. The maximum Gasteiger partial charge on any atom is 0.128 e. The van der Waals surface area contributed by atoms with Crippen LogP contribution >= 0.6 is 11.3 Å². The van der Waals surface area contributed by atoms with Crippen molar-refractivity contribution in [3.63, 3.8) is 0 Å². The van der Waals surface area contributed by atoms with Gasteiger partial charge in [-0.25, -0.2) is 4.39 Å². The van der Waals surface area contributed by atoms with Gasteiger partial charge in [0.15, 0.2) is 0 Å². The molecule has 3 heteroatoms. The number of hydrogen-bond acceptors (Lipinski definition) is 2. The SMILES string of the molecule is Cc1csc2ccc(F)c(CC#N)c12. The van der Waals surface area contributed by atoms with Crippen LogP contribution in [-0.2, 0) is 6.42 Å². The number of fused-ring (bicyclic) bond motifs is 1. The minimum Gasteiger partial charge on any atom is -0.207 e. The predicted octanol–water partition coefficient (Wildman–Crippen LogP) is 3.41. The summed E-state index contributed by atoms with van der Waals surface area (Å²) in [6.07, 6.45) is 0.140. The second kappa shape index (κ2) is 3.39. The van der Waals surface area contributed by atoms with E-state index in [1.54, 1.807) is 17.4 Å². The van der Waals surface area contributed by atoms with Crippen LogP contribution in [0.1, 0.15) is 11.1 Å². The van der Waals surface area contributed by atoms with Crippen molar-refractivity contribution in [2.24, 2.45) is 0 Å². The third-order valence-corrected chi connectivity index (χ3v) is 3.30. The van der Waals surface area contributed by atoms with Crippen LogP contribution in [0.2, 0.25) is 0 Å². The highest BCUT2D eigenvalue weighted by Gasteiger charge is 2.10. The molecule has 0 bridgehead atoms. The van der Waals surface area contributed by atoms with Gasteiger partial charge in [-0.1, -0.05) is 0 Å². The van der Waals surface area contributed by atoms with Gasteiger partial charge in [-0.2, -0.15) is 5.26 Å². The molecule has 0 amide bonds. The third kappa shape index (κ3) is 1.28. The Morgan fingerprint density at radius 2 is 2.29 bits per heavy atom. The summed E-state index contributed by atoms with van der Waals surface area (Å²) in [6, 6.07) is 5.20. The summed E-state index contributed by atoms with van der Waals surface area (Å²) < 4.78 is 14.5. The van der Waals surface area contributed by atoms with Gasteiger partial charge in [-0.15, -0.1) is 11.3 Å². The molecular formula is C11H8FNS. The number of aryl methyl sites for hydroxylation is 1. The lowest BCUT2D eigenvalue weighted by Crippen LogP contribution is -1.89. The smallest absolute Gasteiger partial charge is 0.128 e. The summed E-state index contributed by atoms with van der Waals surface area (Å²) in [7, 11) is 0. The van der Waals surface area contributed by atoms with E-state index in [-0.39, 0.29) is 12.2 Å². The lowest BCUT2D eigenvalue weighted by molar-refractivity contribution is 0.618. The molecule has 1 aromatic heterocycles. The average molecular weight is 205 g/mol. The first-order valence-corrected chi connectivity index (χ1v) is 5.14. The summed E-state index contributed by atoms with van der Waals surface area (Å²) in [6.45, 7) is 1.94. The minimum atomic E-state index is -0.277. The molecule has 0 aliphatic rings. The second-order valence-corrected chi connectivity index (χ2v) is 4.06.